The highest BCUT2D eigenvalue weighted by Gasteiger charge is 2.24. The lowest BCUT2D eigenvalue weighted by Crippen LogP contribution is -2.38. The summed E-state index contributed by atoms with van der Waals surface area (Å²) in [5.74, 6) is 0.495. The average molecular weight is 304 g/mol. The van der Waals surface area contributed by atoms with Gasteiger partial charge in [-0.1, -0.05) is 38.1 Å². The van der Waals surface area contributed by atoms with E-state index in [4.69, 9.17) is 11.6 Å². The van der Waals surface area contributed by atoms with Gasteiger partial charge in [-0.15, -0.1) is 11.6 Å². The minimum absolute atomic E-state index is 0.0390. The van der Waals surface area contributed by atoms with Crippen LogP contribution in [0, 0.1) is 0 Å². The number of benzene rings is 1. The van der Waals surface area contributed by atoms with E-state index >= 15 is 0 Å². The quantitative estimate of drug-likeness (QED) is 0.724. The minimum atomic E-state index is -3.26. The van der Waals surface area contributed by atoms with Gasteiger partial charge in [-0.3, -0.25) is 0 Å². The maximum Gasteiger partial charge on any atom is 0.218 e. The predicted octanol–water partition coefficient (Wildman–Crippen LogP) is 3.38. The van der Waals surface area contributed by atoms with Gasteiger partial charge >= 0.3 is 0 Å². The standard InChI is InChI=1S/C14H22ClNO2S/c1-4-12(3)16(5-2)19(17,18)11-14-8-6-13(10-15)7-9-14/h6-9,12H,4-5,10-11H2,1-3H3. The molecule has 0 fully saturated rings. The molecule has 1 unspecified atom stereocenters. The van der Waals surface area contributed by atoms with Crippen LogP contribution >= 0.6 is 11.6 Å². The molecule has 1 rings (SSSR count). The van der Waals surface area contributed by atoms with Gasteiger partial charge in [-0.25, -0.2) is 8.42 Å². The van der Waals surface area contributed by atoms with Crippen LogP contribution in [0.2, 0.25) is 0 Å². The molecule has 0 spiro atoms. The molecule has 5 heteroatoms. The molecule has 108 valence electrons. The number of alkyl halides is 1. The van der Waals surface area contributed by atoms with Gasteiger partial charge in [0.1, 0.15) is 0 Å². The minimum Gasteiger partial charge on any atom is -0.212 e. The summed E-state index contributed by atoms with van der Waals surface area (Å²) in [5, 5.41) is 0. The Balaban J connectivity index is 2.88. The van der Waals surface area contributed by atoms with Gasteiger partial charge in [0.2, 0.25) is 10.0 Å². The van der Waals surface area contributed by atoms with Crippen molar-refractivity contribution in [3.8, 4) is 0 Å². The van der Waals surface area contributed by atoms with E-state index in [1.54, 1.807) is 4.31 Å². The molecule has 3 nitrogen and oxygen atoms in total. The number of rotatable bonds is 7. The van der Waals surface area contributed by atoms with E-state index in [0.29, 0.717) is 12.4 Å². The van der Waals surface area contributed by atoms with Crippen LogP contribution in [-0.4, -0.2) is 25.3 Å². The number of nitrogens with zero attached hydrogens (tertiary/aromatic N) is 1. The summed E-state index contributed by atoms with van der Waals surface area (Å²) in [6.07, 6.45) is 0.818. The van der Waals surface area contributed by atoms with Crippen LogP contribution < -0.4 is 0 Å². The smallest absolute Gasteiger partial charge is 0.212 e. The zero-order valence-electron chi connectivity index (χ0n) is 11.8. The van der Waals surface area contributed by atoms with E-state index in [0.717, 1.165) is 17.5 Å². The van der Waals surface area contributed by atoms with E-state index in [1.807, 2.05) is 45.0 Å². The molecule has 0 aliphatic carbocycles. The fourth-order valence-corrected chi connectivity index (χ4v) is 4.05. The van der Waals surface area contributed by atoms with Crippen LogP contribution in [0.25, 0.3) is 0 Å². The monoisotopic (exact) mass is 303 g/mol. The summed E-state index contributed by atoms with van der Waals surface area (Å²) in [6, 6.07) is 7.45. The second kappa shape index (κ2) is 7.27. The van der Waals surface area contributed by atoms with E-state index in [2.05, 4.69) is 0 Å². The first-order valence-electron chi connectivity index (χ1n) is 6.57. The third-order valence-electron chi connectivity index (χ3n) is 3.28. The Kier molecular flexibility index (Phi) is 6.30. The van der Waals surface area contributed by atoms with Crippen molar-refractivity contribution in [2.45, 2.75) is 44.9 Å². The molecule has 0 heterocycles. The van der Waals surface area contributed by atoms with Gasteiger partial charge in [0.15, 0.2) is 0 Å². The maximum atomic E-state index is 12.4. The van der Waals surface area contributed by atoms with Crippen molar-refractivity contribution < 1.29 is 8.42 Å². The fourth-order valence-electron chi connectivity index (χ4n) is 2.00. The van der Waals surface area contributed by atoms with Gasteiger partial charge < -0.3 is 0 Å². The Morgan fingerprint density at radius 1 is 1.16 bits per heavy atom. The Morgan fingerprint density at radius 3 is 2.11 bits per heavy atom. The molecule has 0 aliphatic rings. The van der Waals surface area contributed by atoms with E-state index in [1.165, 1.54) is 0 Å². The molecular weight excluding hydrogens is 282 g/mol. The number of hydrogen-bond acceptors (Lipinski definition) is 2. The highest BCUT2D eigenvalue weighted by molar-refractivity contribution is 7.88. The summed E-state index contributed by atoms with van der Waals surface area (Å²) in [4.78, 5) is 0. The average Bonchev–Trinajstić information content (AvgIpc) is 2.39. The second-order valence-electron chi connectivity index (χ2n) is 4.67. The zero-order chi connectivity index (χ0) is 14.5. The summed E-state index contributed by atoms with van der Waals surface area (Å²) < 4.78 is 26.3. The molecule has 0 aromatic heterocycles. The van der Waals surface area contributed by atoms with Crippen molar-refractivity contribution in [1.29, 1.82) is 0 Å². The molecule has 0 saturated carbocycles. The number of hydrogen-bond donors (Lipinski definition) is 0. The van der Waals surface area contributed by atoms with E-state index < -0.39 is 10.0 Å². The molecule has 0 radical (unpaired) electrons. The molecule has 0 N–H and O–H groups in total. The van der Waals surface area contributed by atoms with Crippen molar-refractivity contribution in [2.24, 2.45) is 0 Å². The van der Waals surface area contributed by atoms with Gasteiger partial charge in [-0.05, 0) is 24.5 Å². The van der Waals surface area contributed by atoms with Crippen molar-refractivity contribution in [3.05, 3.63) is 35.4 Å². The highest BCUT2D eigenvalue weighted by atomic mass is 35.5. The fraction of sp³-hybridized carbons (Fsp3) is 0.571. The molecule has 1 atom stereocenters. The molecule has 0 amide bonds. The second-order valence-corrected chi connectivity index (χ2v) is 6.86. The van der Waals surface area contributed by atoms with Gasteiger partial charge in [0.05, 0.1) is 5.75 Å². The van der Waals surface area contributed by atoms with Crippen molar-refractivity contribution in [3.63, 3.8) is 0 Å². The SMILES string of the molecule is CCC(C)N(CC)S(=O)(=O)Cc1ccc(CCl)cc1. The largest absolute Gasteiger partial charge is 0.218 e. The maximum absolute atomic E-state index is 12.4. The van der Waals surface area contributed by atoms with Crippen molar-refractivity contribution >= 4 is 21.6 Å². The lowest BCUT2D eigenvalue weighted by molar-refractivity contribution is 0.342. The van der Waals surface area contributed by atoms with Crippen LogP contribution in [0.3, 0.4) is 0 Å². The third kappa shape index (κ3) is 4.48. The van der Waals surface area contributed by atoms with E-state index in [9.17, 15) is 8.42 Å². The van der Waals surface area contributed by atoms with Gasteiger partial charge in [0.25, 0.3) is 0 Å². The van der Waals surface area contributed by atoms with E-state index in [-0.39, 0.29) is 11.8 Å². The van der Waals surface area contributed by atoms with Crippen molar-refractivity contribution in [2.75, 3.05) is 6.54 Å². The highest BCUT2D eigenvalue weighted by Crippen LogP contribution is 2.16. The Morgan fingerprint density at radius 2 is 1.68 bits per heavy atom. The Hall–Kier alpha value is -0.580. The molecule has 1 aromatic carbocycles. The first-order chi connectivity index (χ1) is 8.94. The molecule has 1 aromatic rings. The molecule has 19 heavy (non-hydrogen) atoms. The lowest BCUT2D eigenvalue weighted by Gasteiger charge is -2.26. The zero-order valence-corrected chi connectivity index (χ0v) is 13.3. The van der Waals surface area contributed by atoms with Crippen LogP contribution in [0.5, 0.6) is 0 Å². The third-order valence-corrected chi connectivity index (χ3v) is 5.62. The lowest BCUT2D eigenvalue weighted by atomic mass is 10.2. The van der Waals surface area contributed by atoms with Crippen LogP contribution in [0.4, 0.5) is 0 Å². The Bertz CT molecular complexity index is 485. The van der Waals surface area contributed by atoms with Crippen LogP contribution in [-0.2, 0) is 21.7 Å². The molecular formula is C14H22ClNO2S. The first-order valence-corrected chi connectivity index (χ1v) is 8.72. The van der Waals surface area contributed by atoms with Gasteiger partial charge in [0, 0.05) is 18.5 Å². The first kappa shape index (κ1) is 16.5. The summed E-state index contributed by atoms with van der Waals surface area (Å²) in [5.41, 5.74) is 1.80. The summed E-state index contributed by atoms with van der Waals surface area (Å²) in [6.45, 7) is 6.33. The van der Waals surface area contributed by atoms with Gasteiger partial charge in [-0.2, -0.15) is 4.31 Å². The summed E-state index contributed by atoms with van der Waals surface area (Å²) >= 11 is 5.72. The van der Waals surface area contributed by atoms with Crippen LogP contribution in [0.1, 0.15) is 38.3 Å². The molecule has 0 saturated heterocycles. The number of halogens is 1. The Labute approximate surface area is 121 Å². The summed E-state index contributed by atoms with van der Waals surface area (Å²) in [7, 11) is -3.26. The van der Waals surface area contributed by atoms with Crippen molar-refractivity contribution in [1.82, 2.24) is 4.31 Å². The number of sulfonamides is 1. The molecule has 0 bridgehead atoms. The predicted molar refractivity (Wildman–Crippen MR) is 80.8 cm³/mol. The van der Waals surface area contributed by atoms with Crippen LogP contribution in [0.15, 0.2) is 24.3 Å². The normalized spacial score (nSPS) is 13.7. The molecule has 0 aliphatic heterocycles. The topological polar surface area (TPSA) is 37.4 Å².